The van der Waals surface area contributed by atoms with Crippen molar-refractivity contribution in [2.24, 2.45) is 4.99 Å². The van der Waals surface area contributed by atoms with Crippen LogP contribution in [0.3, 0.4) is 0 Å². The van der Waals surface area contributed by atoms with Gasteiger partial charge in [-0.25, -0.2) is 9.79 Å². The molecule has 0 aliphatic carbocycles. The van der Waals surface area contributed by atoms with E-state index in [-0.39, 0.29) is 12.2 Å². The molecule has 0 saturated heterocycles. The predicted molar refractivity (Wildman–Crippen MR) is 167 cm³/mol. The van der Waals surface area contributed by atoms with E-state index in [0.717, 1.165) is 16.7 Å². The van der Waals surface area contributed by atoms with E-state index in [0.29, 0.717) is 57.7 Å². The van der Waals surface area contributed by atoms with E-state index in [1.54, 1.807) is 11.5 Å². The number of esters is 1. The van der Waals surface area contributed by atoms with Crippen molar-refractivity contribution in [3.63, 3.8) is 0 Å². The van der Waals surface area contributed by atoms with E-state index in [9.17, 15) is 9.59 Å². The third-order valence-corrected chi connectivity index (χ3v) is 7.73. The van der Waals surface area contributed by atoms with Gasteiger partial charge in [0.05, 0.1) is 48.3 Å². The lowest BCUT2D eigenvalue weighted by Crippen LogP contribution is -2.40. The highest BCUT2D eigenvalue weighted by Gasteiger charge is 2.35. The SMILES string of the molecule is CCOC(=O)C1=C(c2ccccc2)N=c2s/c(=C\c3ccc(OCC)c(OCC)c3)c(=O)n2[C@@H]1c1ccc(OCC)cc1. The van der Waals surface area contributed by atoms with Gasteiger partial charge in [-0.2, -0.15) is 0 Å². The Balaban J connectivity index is 1.75. The van der Waals surface area contributed by atoms with Crippen molar-refractivity contribution >= 4 is 29.1 Å². The van der Waals surface area contributed by atoms with Crippen molar-refractivity contribution in [2.75, 3.05) is 26.4 Å². The Morgan fingerprint density at radius 1 is 0.860 bits per heavy atom. The second-order valence-electron chi connectivity index (χ2n) is 9.51. The summed E-state index contributed by atoms with van der Waals surface area (Å²) in [4.78, 5) is 33.2. The number of ether oxygens (including phenoxy) is 4. The maximum absolute atomic E-state index is 14.1. The molecule has 0 saturated carbocycles. The first-order valence-electron chi connectivity index (χ1n) is 14.4. The number of benzene rings is 3. The van der Waals surface area contributed by atoms with Gasteiger partial charge in [0, 0.05) is 5.56 Å². The minimum atomic E-state index is -0.761. The molecule has 5 rings (SSSR count). The van der Waals surface area contributed by atoms with Crippen LogP contribution in [-0.4, -0.2) is 37.0 Å². The third-order valence-electron chi connectivity index (χ3n) is 6.75. The molecule has 1 aliphatic heterocycles. The van der Waals surface area contributed by atoms with Crippen molar-refractivity contribution in [3.8, 4) is 17.2 Å². The van der Waals surface area contributed by atoms with Gasteiger partial charge in [0.2, 0.25) is 0 Å². The maximum Gasteiger partial charge on any atom is 0.338 e. The molecule has 0 amide bonds. The zero-order valence-corrected chi connectivity index (χ0v) is 25.5. The Labute approximate surface area is 254 Å². The zero-order chi connectivity index (χ0) is 30.3. The summed E-state index contributed by atoms with van der Waals surface area (Å²) in [5.74, 6) is 1.43. The molecule has 0 bridgehead atoms. The highest BCUT2D eigenvalue weighted by Crippen LogP contribution is 2.36. The van der Waals surface area contributed by atoms with Crippen molar-refractivity contribution < 1.29 is 23.7 Å². The Bertz CT molecular complexity index is 1810. The first kappa shape index (κ1) is 29.8. The van der Waals surface area contributed by atoms with E-state index in [1.807, 2.05) is 99.6 Å². The smallest absolute Gasteiger partial charge is 0.338 e. The first-order valence-corrected chi connectivity index (χ1v) is 15.2. The van der Waals surface area contributed by atoms with Crippen LogP contribution >= 0.6 is 11.3 Å². The Morgan fingerprint density at radius 2 is 1.56 bits per heavy atom. The minimum Gasteiger partial charge on any atom is -0.494 e. The van der Waals surface area contributed by atoms with Gasteiger partial charge in [0.15, 0.2) is 16.3 Å². The Kier molecular flexibility index (Phi) is 9.41. The van der Waals surface area contributed by atoms with Crippen molar-refractivity contribution in [1.82, 2.24) is 4.57 Å². The van der Waals surface area contributed by atoms with Gasteiger partial charge in [0.25, 0.3) is 5.56 Å². The zero-order valence-electron chi connectivity index (χ0n) is 24.7. The second kappa shape index (κ2) is 13.6. The van der Waals surface area contributed by atoms with E-state index in [2.05, 4.69) is 0 Å². The maximum atomic E-state index is 14.1. The quantitative estimate of drug-likeness (QED) is 0.223. The summed E-state index contributed by atoms with van der Waals surface area (Å²) in [5, 5.41) is 0. The monoisotopic (exact) mass is 598 g/mol. The lowest BCUT2D eigenvalue weighted by Gasteiger charge is -2.26. The summed E-state index contributed by atoms with van der Waals surface area (Å²) < 4.78 is 24.8. The fourth-order valence-electron chi connectivity index (χ4n) is 4.98. The van der Waals surface area contributed by atoms with Gasteiger partial charge in [-0.3, -0.25) is 9.36 Å². The number of fused-ring (bicyclic) bond motifs is 1. The number of rotatable bonds is 11. The second-order valence-corrected chi connectivity index (χ2v) is 10.5. The van der Waals surface area contributed by atoms with Gasteiger partial charge >= 0.3 is 5.97 Å². The molecule has 8 nitrogen and oxygen atoms in total. The molecule has 0 spiro atoms. The fourth-order valence-corrected chi connectivity index (χ4v) is 5.98. The van der Waals surface area contributed by atoms with Crippen molar-refractivity contribution in [1.29, 1.82) is 0 Å². The van der Waals surface area contributed by atoms with Crippen LogP contribution < -0.4 is 29.1 Å². The molecule has 43 heavy (non-hydrogen) atoms. The molecule has 4 aromatic rings. The molecule has 0 unspecified atom stereocenters. The van der Waals surface area contributed by atoms with Crippen molar-refractivity contribution in [2.45, 2.75) is 33.7 Å². The lowest BCUT2D eigenvalue weighted by atomic mass is 9.93. The van der Waals surface area contributed by atoms with Gasteiger partial charge in [0.1, 0.15) is 5.75 Å². The molecule has 222 valence electrons. The van der Waals surface area contributed by atoms with Crippen LogP contribution in [0.1, 0.15) is 50.4 Å². The third kappa shape index (κ3) is 6.27. The molecule has 1 aromatic heterocycles. The van der Waals surface area contributed by atoms with E-state index in [1.165, 1.54) is 11.3 Å². The van der Waals surface area contributed by atoms with E-state index >= 15 is 0 Å². The van der Waals surface area contributed by atoms with Crippen LogP contribution in [0.15, 0.2) is 88.2 Å². The van der Waals surface area contributed by atoms with Gasteiger partial charge in [-0.15, -0.1) is 0 Å². The summed E-state index contributed by atoms with van der Waals surface area (Å²) >= 11 is 1.27. The van der Waals surface area contributed by atoms with E-state index in [4.69, 9.17) is 23.9 Å². The van der Waals surface area contributed by atoms with E-state index < -0.39 is 12.0 Å². The first-order chi connectivity index (χ1) is 21.0. The molecule has 0 fully saturated rings. The molecule has 3 aromatic carbocycles. The van der Waals surface area contributed by atoms with Gasteiger partial charge in [-0.05, 0) is 69.2 Å². The number of hydrogen-bond donors (Lipinski definition) is 0. The minimum absolute atomic E-state index is 0.185. The number of hydrogen-bond acceptors (Lipinski definition) is 8. The number of carbonyl (C=O) groups is 1. The van der Waals surface area contributed by atoms with Crippen molar-refractivity contribution in [3.05, 3.63) is 115 Å². The molecule has 0 radical (unpaired) electrons. The average Bonchev–Trinajstić information content (AvgIpc) is 3.33. The van der Waals surface area contributed by atoms with Crippen LogP contribution in [-0.2, 0) is 9.53 Å². The van der Waals surface area contributed by atoms with Gasteiger partial charge in [-0.1, -0.05) is 59.9 Å². The van der Waals surface area contributed by atoms with Crippen LogP contribution in [0.2, 0.25) is 0 Å². The number of nitrogens with zero attached hydrogens (tertiary/aromatic N) is 2. The highest BCUT2D eigenvalue weighted by atomic mass is 32.1. The summed E-state index contributed by atoms with van der Waals surface area (Å²) in [6.45, 7) is 9.20. The molecule has 0 N–H and O–H groups in total. The molecule has 9 heteroatoms. The van der Waals surface area contributed by atoms with Crippen LogP contribution in [0.25, 0.3) is 11.8 Å². The largest absolute Gasteiger partial charge is 0.494 e. The van der Waals surface area contributed by atoms with Crippen LogP contribution in [0.5, 0.6) is 17.2 Å². The summed E-state index contributed by atoms with van der Waals surface area (Å²) in [6.07, 6.45) is 1.81. The number of thiazole rings is 1. The fraction of sp³-hybridized carbons (Fsp3) is 0.265. The van der Waals surface area contributed by atoms with Crippen LogP contribution in [0, 0.1) is 0 Å². The van der Waals surface area contributed by atoms with Crippen LogP contribution in [0.4, 0.5) is 0 Å². The predicted octanol–water partition coefficient (Wildman–Crippen LogP) is 5.13. The lowest BCUT2D eigenvalue weighted by molar-refractivity contribution is -0.138. The number of aromatic nitrogens is 1. The molecule has 1 atom stereocenters. The summed E-state index contributed by atoms with van der Waals surface area (Å²) in [6, 6.07) is 21.7. The Morgan fingerprint density at radius 3 is 2.23 bits per heavy atom. The molecule has 2 heterocycles. The standard InChI is InChI=1S/C34H34N2O6S/c1-5-39-25-17-15-24(16-18-25)31-29(33(38)42-8-4)30(23-12-10-9-11-13-23)35-34-36(31)32(37)28(43-34)21-22-14-19-26(40-6-2)27(20-22)41-7-3/h9-21,31H,5-8H2,1-4H3/b28-21-/t31-/m1/s1. The average molecular weight is 599 g/mol. The topological polar surface area (TPSA) is 88.4 Å². The van der Waals surface area contributed by atoms with Gasteiger partial charge < -0.3 is 18.9 Å². The molecular weight excluding hydrogens is 564 g/mol. The number of carbonyl (C=O) groups excluding carboxylic acids is 1. The normalized spacial score (nSPS) is 14.6. The Hall–Kier alpha value is -4.63. The molecular formula is C34H34N2O6S. The summed E-state index contributed by atoms with van der Waals surface area (Å²) in [5.41, 5.74) is 2.79. The summed E-state index contributed by atoms with van der Waals surface area (Å²) in [7, 11) is 0. The highest BCUT2D eigenvalue weighted by molar-refractivity contribution is 7.07. The molecule has 1 aliphatic rings.